The molecule has 0 saturated carbocycles. The molecule has 12 heteroatoms. The normalized spacial score (nSPS) is 12.6. The van der Waals surface area contributed by atoms with Crippen molar-refractivity contribution in [3.8, 4) is 0 Å². The Balaban J connectivity index is 0.000000211. The van der Waals surface area contributed by atoms with Gasteiger partial charge in [0.2, 0.25) is 0 Å². The standard InChI is InChI=1S/2C13H13IO4S/c2*1-7-4-8(14)5-9-12(7)18-10(6-11(15)17-2)13(9)19(3)16/h2*4-5H,6H2,1-3H3/t2*19-/m11/s1. The van der Waals surface area contributed by atoms with Crippen LogP contribution in [0.2, 0.25) is 0 Å². The predicted octanol–water partition coefficient (Wildman–Crippen LogP) is 5.60. The van der Waals surface area contributed by atoms with E-state index in [-0.39, 0.29) is 12.8 Å². The van der Waals surface area contributed by atoms with Gasteiger partial charge >= 0.3 is 11.9 Å². The Morgan fingerprint density at radius 1 is 0.737 bits per heavy atom. The van der Waals surface area contributed by atoms with Crippen molar-refractivity contribution in [1.82, 2.24) is 0 Å². The van der Waals surface area contributed by atoms with Crippen molar-refractivity contribution < 1.29 is 36.3 Å². The monoisotopic (exact) mass is 784 g/mol. The minimum absolute atomic E-state index is 0.00386. The first kappa shape index (κ1) is 30.8. The Labute approximate surface area is 252 Å². The van der Waals surface area contributed by atoms with Crippen LogP contribution in [-0.4, -0.2) is 47.1 Å². The number of rotatable bonds is 6. The molecule has 8 nitrogen and oxygen atoms in total. The summed E-state index contributed by atoms with van der Waals surface area (Å²) in [6, 6.07) is 7.81. The lowest BCUT2D eigenvalue weighted by Gasteiger charge is -1.99. The molecule has 204 valence electrons. The first-order valence-electron chi connectivity index (χ1n) is 11.1. The Bertz CT molecular complexity index is 1470. The molecule has 0 aliphatic heterocycles. The first-order valence-corrected chi connectivity index (χ1v) is 16.4. The van der Waals surface area contributed by atoms with Crippen LogP contribution in [0.5, 0.6) is 0 Å². The van der Waals surface area contributed by atoms with Crippen molar-refractivity contribution in [3.05, 3.63) is 54.1 Å². The number of aryl methyl sites for hydroxylation is 2. The Morgan fingerprint density at radius 3 is 1.37 bits per heavy atom. The molecule has 0 bridgehead atoms. The first-order chi connectivity index (χ1) is 17.9. The van der Waals surface area contributed by atoms with E-state index in [9.17, 15) is 18.0 Å². The third kappa shape index (κ3) is 6.86. The summed E-state index contributed by atoms with van der Waals surface area (Å²) in [5.74, 6) is 0.0387. The van der Waals surface area contributed by atoms with Gasteiger partial charge in [0.15, 0.2) is 0 Å². The fourth-order valence-corrected chi connectivity index (χ4v) is 7.33. The number of fused-ring (bicyclic) bond motifs is 2. The van der Waals surface area contributed by atoms with E-state index in [0.717, 1.165) is 29.0 Å². The largest absolute Gasteiger partial charge is 0.469 e. The summed E-state index contributed by atoms with van der Waals surface area (Å²) in [5.41, 5.74) is 3.29. The zero-order chi connectivity index (χ0) is 28.3. The third-order valence-corrected chi connectivity index (χ3v) is 8.86. The SMILES string of the molecule is COC(=O)Cc1oc2c(C)cc(I)cc2c1[S@@](C)=O.COC(=O)Cc1oc2c(C)cc(I)cc2c1[S@@](C)=O. The van der Waals surface area contributed by atoms with Gasteiger partial charge in [0.05, 0.1) is 45.6 Å². The van der Waals surface area contributed by atoms with Crippen LogP contribution in [0, 0.1) is 21.0 Å². The number of furan rings is 2. The van der Waals surface area contributed by atoms with E-state index in [4.69, 9.17) is 8.83 Å². The van der Waals surface area contributed by atoms with Crippen molar-refractivity contribution in [2.24, 2.45) is 0 Å². The van der Waals surface area contributed by atoms with Gasteiger partial charge in [0.25, 0.3) is 0 Å². The average molecular weight is 784 g/mol. The number of halogens is 2. The smallest absolute Gasteiger partial charge is 0.313 e. The average Bonchev–Trinajstić information content (AvgIpc) is 3.37. The summed E-state index contributed by atoms with van der Waals surface area (Å²) in [6.45, 7) is 3.86. The van der Waals surface area contributed by atoms with Gasteiger partial charge in [0.1, 0.15) is 35.5 Å². The van der Waals surface area contributed by atoms with Crippen LogP contribution >= 0.6 is 45.2 Å². The predicted molar refractivity (Wildman–Crippen MR) is 163 cm³/mol. The number of hydrogen-bond acceptors (Lipinski definition) is 8. The van der Waals surface area contributed by atoms with Crippen LogP contribution in [0.1, 0.15) is 22.6 Å². The lowest BCUT2D eigenvalue weighted by atomic mass is 10.2. The Hall–Kier alpha value is -1.78. The summed E-state index contributed by atoms with van der Waals surface area (Å²) >= 11 is 4.41. The van der Waals surface area contributed by atoms with E-state index in [1.807, 2.05) is 38.1 Å². The van der Waals surface area contributed by atoms with Gasteiger partial charge in [-0.2, -0.15) is 0 Å². The van der Waals surface area contributed by atoms with E-state index >= 15 is 0 Å². The Morgan fingerprint density at radius 2 is 1.08 bits per heavy atom. The zero-order valence-electron chi connectivity index (χ0n) is 21.6. The van der Waals surface area contributed by atoms with Crippen LogP contribution in [0.4, 0.5) is 0 Å². The summed E-state index contributed by atoms with van der Waals surface area (Å²) in [5, 5.41) is 1.62. The topological polar surface area (TPSA) is 113 Å². The van der Waals surface area contributed by atoms with Crippen molar-refractivity contribution in [2.75, 3.05) is 26.7 Å². The summed E-state index contributed by atoms with van der Waals surface area (Å²) in [4.78, 5) is 24.0. The van der Waals surface area contributed by atoms with E-state index in [2.05, 4.69) is 54.7 Å². The molecular weight excluding hydrogens is 758 g/mol. The Kier molecular flexibility index (Phi) is 10.6. The van der Waals surface area contributed by atoms with Gasteiger partial charge < -0.3 is 18.3 Å². The fourth-order valence-electron chi connectivity index (χ4n) is 3.98. The van der Waals surface area contributed by atoms with E-state index in [0.29, 0.717) is 32.5 Å². The lowest BCUT2D eigenvalue weighted by molar-refractivity contribution is -0.141. The van der Waals surface area contributed by atoms with Crippen molar-refractivity contribution in [1.29, 1.82) is 0 Å². The van der Waals surface area contributed by atoms with Gasteiger partial charge in [-0.25, -0.2) is 0 Å². The van der Waals surface area contributed by atoms with Gasteiger partial charge in [-0.15, -0.1) is 0 Å². The second-order valence-electron chi connectivity index (χ2n) is 8.32. The molecule has 4 aromatic rings. The van der Waals surface area contributed by atoms with E-state index < -0.39 is 33.5 Å². The third-order valence-electron chi connectivity index (χ3n) is 5.57. The van der Waals surface area contributed by atoms with Gasteiger partial charge in [-0.3, -0.25) is 18.0 Å². The quantitative estimate of drug-likeness (QED) is 0.184. The minimum atomic E-state index is -1.22. The number of esters is 2. The highest BCUT2D eigenvalue weighted by molar-refractivity contribution is 14.1. The molecule has 38 heavy (non-hydrogen) atoms. The van der Waals surface area contributed by atoms with Crippen LogP contribution in [0.3, 0.4) is 0 Å². The number of benzene rings is 2. The van der Waals surface area contributed by atoms with Crippen LogP contribution in [0.25, 0.3) is 21.9 Å². The lowest BCUT2D eigenvalue weighted by Crippen LogP contribution is -2.05. The highest BCUT2D eigenvalue weighted by Crippen LogP contribution is 2.34. The number of ether oxygens (including phenoxy) is 2. The van der Waals surface area contributed by atoms with E-state index in [1.165, 1.54) is 14.2 Å². The number of carbonyl (C=O) groups excluding carboxylic acids is 2. The summed E-state index contributed by atoms with van der Waals surface area (Å²) < 4.78 is 46.7. The molecule has 0 aliphatic carbocycles. The second kappa shape index (κ2) is 13.0. The molecular formula is C26H26I2O8S2. The van der Waals surface area contributed by atoms with Gasteiger partial charge in [-0.1, -0.05) is 0 Å². The molecule has 0 saturated heterocycles. The van der Waals surface area contributed by atoms with Gasteiger partial charge in [-0.05, 0) is 94.4 Å². The van der Waals surface area contributed by atoms with E-state index in [1.54, 1.807) is 12.5 Å². The maximum Gasteiger partial charge on any atom is 0.313 e. The maximum absolute atomic E-state index is 11.9. The molecule has 2 heterocycles. The number of carbonyl (C=O) groups is 2. The molecule has 2 aromatic heterocycles. The zero-order valence-corrected chi connectivity index (χ0v) is 27.5. The molecule has 0 aliphatic rings. The summed E-state index contributed by atoms with van der Waals surface area (Å²) in [6.07, 6.45) is 3.16. The van der Waals surface area contributed by atoms with Crippen molar-refractivity contribution in [3.63, 3.8) is 0 Å². The molecule has 0 unspecified atom stereocenters. The summed E-state index contributed by atoms with van der Waals surface area (Å²) in [7, 11) is 0.195. The number of methoxy groups -OCH3 is 2. The van der Waals surface area contributed by atoms with Crippen molar-refractivity contribution in [2.45, 2.75) is 36.5 Å². The molecule has 0 N–H and O–H groups in total. The maximum atomic E-state index is 11.9. The molecule has 0 fully saturated rings. The fraction of sp³-hybridized carbons (Fsp3) is 0.308. The van der Waals surface area contributed by atoms with Crippen molar-refractivity contribution >= 4 is 101 Å². The minimum Gasteiger partial charge on any atom is -0.469 e. The molecule has 0 spiro atoms. The van der Waals surface area contributed by atoms with Crippen LogP contribution in [0.15, 0.2) is 42.9 Å². The van der Waals surface area contributed by atoms with Gasteiger partial charge in [0, 0.05) is 30.4 Å². The number of hydrogen-bond donors (Lipinski definition) is 0. The molecule has 2 atom stereocenters. The molecule has 0 radical (unpaired) electrons. The highest BCUT2D eigenvalue weighted by Gasteiger charge is 2.22. The molecule has 2 aromatic carbocycles. The van der Waals surface area contributed by atoms with Crippen LogP contribution < -0.4 is 0 Å². The molecule has 4 rings (SSSR count). The van der Waals surface area contributed by atoms with Crippen LogP contribution in [-0.2, 0) is 53.5 Å². The molecule has 0 amide bonds. The highest BCUT2D eigenvalue weighted by atomic mass is 127. The second-order valence-corrected chi connectivity index (χ2v) is 13.4.